The highest BCUT2D eigenvalue weighted by atomic mass is 79.9. The number of rotatable bonds is 6. The maximum absolute atomic E-state index is 4.37. The van der Waals surface area contributed by atoms with Crippen LogP contribution in [0.25, 0.3) is 0 Å². The second kappa shape index (κ2) is 6.63. The van der Waals surface area contributed by atoms with E-state index < -0.39 is 0 Å². The molecule has 0 spiro atoms. The Morgan fingerprint density at radius 1 is 1.47 bits per heavy atom. The van der Waals surface area contributed by atoms with Crippen molar-refractivity contribution in [3.05, 3.63) is 32.4 Å². The highest BCUT2D eigenvalue weighted by Gasteiger charge is 2.17. The third kappa shape index (κ3) is 3.43. The Bertz CT molecular complexity index is 515. The monoisotopic (exact) mass is 342 g/mol. The van der Waals surface area contributed by atoms with E-state index in [1.807, 2.05) is 4.68 Å². The molecule has 1 unspecified atom stereocenters. The van der Waals surface area contributed by atoms with Crippen LogP contribution in [-0.2, 0) is 13.0 Å². The number of nitrogens with one attached hydrogen (secondary N) is 1. The minimum atomic E-state index is 0.300. The number of likely N-dealkylation sites (N-methyl/N-ethyl adjacent to an activating group) is 1. The Morgan fingerprint density at radius 2 is 2.26 bits per heavy atom. The number of aromatic nitrogens is 3. The van der Waals surface area contributed by atoms with Crippen molar-refractivity contribution in [1.82, 2.24) is 20.1 Å². The van der Waals surface area contributed by atoms with Crippen LogP contribution >= 0.6 is 27.3 Å². The fraction of sp³-hybridized carbons (Fsp3) is 0.538. The molecule has 0 radical (unpaired) electrons. The Morgan fingerprint density at radius 3 is 2.84 bits per heavy atom. The summed E-state index contributed by atoms with van der Waals surface area (Å²) in [5.74, 6) is 1.04. The maximum atomic E-state index is 4.37. The molecule has 4 nitrogen and oxygen atoms in total. The Balaban J connectivity index is 2.21. The zero-order valence-electron chi connectivity index (χ0n) is 11.5. The molecule has 2 heterocycles. The first-order valence-corrected chi connectivity index (χ1v) is 8.12. The average molecular weight is 343 g/mol. The van der Waals surface area contributed by atoms with E-state index in [-0.39, 0.29) is 0 Å². The molecule has 0 saturated carbocycles. The standard InChI is InChI=1S/C13H19BrN4S/c1-4-15-10(11-6-9(3)13(14)19-11)7-12-16-8-17-18(12)5-2/h6,8,10,15H,4-5,7H2,1-3H3. The fourth-order valence-corrected chi connectivity index (χ4v) is 3.71. The van der Waals surface area contributed by atoms with E-state index in [1.54, 1.807) is 17.7 Å². The minimum Gasteiger partial charge on any atom is -0.309 e. The summed E-state index contributed by atoms with van der Waals surface area (Å²) in [6, 6.07) is 2.55. The van der Waals surface area contributed by atoms with Gasteiger partial charge in [0.25, 0.3) is 0 Å². The number of nitrogens with zero attached hydrogens (tertiary/aromatic N) is 3. The van der Waals surface area contributed by atoms with Crippen LogP contribution in [0.3, 0.4) is 0 Å². The molecule has 0 bridgehead atoms. The van der Waals surface area contributed by atoms with Crippen LogP contribution in [0.4, 0.5) is 0 Å². The molecule has 0 saturated heterocycles. The smallest absolute Gasteiger partial charge is 0.138 e. The van der Waals surface area contributed by atoms with E-state index in [0.717, 1.165) is 25.3 Å². The summed E-state index contributed by atoms with van der Waals surface area (Å²) in [5, 5.41) is 7.77. The number of aryl methyl sites for hydroxylation is 2. The van der Waals surface area contributed by atoms with Crippen molar-refractivity contribution in [2.24, 2.45) is 0 Å². The summed E-state index contributed by atoms with van der Waals surface area (Å²) in [4.78, 5) is 5.71. The molecule has 6 heteroatoms. The van der Waals surface area contributed by atoms with Crippen LogP contribution in [0.2, 0.25) is 0 Å². The van der Waals surface area contributed by atoms with Gasteiger partial charge >= 0.3 is 0 Å². The van der Waals surface area contributed by atoms with Crippen molar-refractivity contribution in [1.29, 1.82) is 0 Å². The van der Waals surface area contributed by atoms with E-state index >= 15 is 0 Å². The molecule has 0 aromatic carbocycles. The third-order valence-electron chi connectivity index (χ3n) is 3.05. The van der Waals surface area contributed by atoms with Crippen LogP contribution in [0, 0.1) is 6.92 Å². The largest absolute Gasteiger partial charge is 0.309 e. The number of hydrogen-bond donors (Lipinski definition) is 1. The van der Waals surface area contributed by atoms with E-state index in [9.17, 15) is 0 Å². The summed E-state index contributed by atoms with van der Waals surface area (Å²) in [7, 11) is 0. The topological polar surface area (TPSA) is 42.7 Å². The van der Waals surface area contributed by atoms with Gasteiger partial charge in [0.05, 0.1) is 3.79 Å². The van der Waals surface area contributed by atoms with Crippen LogP contribution < -0.4 is 5.32 Å². The Labute approximate surface area is 126 Å². The Kier molecular flexibility index (Phi) is 5.13. The van der Waals surface area contributed by atoms with Crippen molar-refractivity contribution in [3.63, 3.8) is 0 Å². The molecule has 1 N–H and O–H groups in total. The van der Waals surface area contributed by atoms with Crippen LogP contribution in [0.15, 0.2) is 16.2 Å². The lowest BCUT2D eigenvalue weighted by Gasteiger charge is -2.16. The van der Waals surface area contributed by atoms with E-state index in [1.165, 1.54) is 14.2 Å². The van der Waals surface area contributed by atoms with Gasteiger partial charge in [0.1, 0.15) is 12.2 Å². The average Bonchev–Trinajstić information content (AvgIpc) is 2.96. The number of thiophene rings is 1. The first-order chi connectivity index (χ1) is 9.15. The molecule has 1 atom stereocenters. The van der Waals surface area contributed by atoms with Crippen LogP contribution in [-0.4, -0.2) is 21.3 Å². The minimum absolute atomic E-state index is 0.300. The van der Waals surface area contributed by atoms with E-state index in [2.05, 4.69) is 58.2 Å². The highest BCUT2D eigenvalue weighted by Crippen LogP contribution is 2.32. The zero-order chi connectivity index (χ0) is 13.8. The summed E-state index contributed by atoms with van der Waals surface area (Å²) >= 11 is 5.39. The molecule has 0 amide bonds. The SMILES string of the molecule is CCNC(Cc1ncnn1CC)c1cc(C)c(Br)s1. The van der Waals surface area contributed by atoms with Gasteiger partial charge in [-0.15, -0.1) is 11.3 Å². The molecule has 104 valence electrons. The van der Waals surface area contributed by atoms with Gasteiger partial charge in [-0.3, -0.25) is 4.68 Å². The van der Waals surface area contributed by atoms with E-state index in [0.29, 0.717) is 6.04 Å². The number of halogens is 1. The predicted octanol–water partition coefficient (Wildman–Crippen LogP) is 3.32. The number of hydrogen-bond acceptors (Lipinski definition) is 4. The normalized spacial score (nSPS) is 12.8. The lowest BCUT2D eigenvalue weighted by Crippen LogP contribution is -2.23. The first-order valence-electron chi connectivity index (χ1n) is 6.51. The quantitative estimate of drug-likeness (QED) is 0.875. The van der Waals surface area contributed by atoms with Gasteiger partial charge in [-0.1, -0.05) is 6.92 Å². The lowest BCUT2D eigenvalue weighted by molar-refractivity contribution is 0.515. The van der Waals surface area contributed by atoms with Crippen molar-refractivity contribution in [2.75, 3.05) is 6.54 Å². The lowest BCUT2D eigenvalue weighted by atomic mass is 10.1. The van der Waals surface area contributed by atoms with Crippen molar-refractivity contribution in [3.8, 4) is 0 Å². The predicted molar refractivity (Wildman–Crippen MR) is 82.6 cm³/mol. The zero-order valence-corrected chi connectivity index (χ0v) is 13.9. The molecule has 2 aromatic rings. The second-order valence-electron chi connectivity index (χ2n) is 4.41. The molecular formula is C13H19BrN4S. The van der Waals surface area contributed by atoms with Crippen molar-refractivity contribution in [2.45, 2.75) is 39.8 Å². The molecular weight excluding hydrogens is 324 g/mol. The summed E-state index contributed by atoms with van der Waals surface area (Å²) in [5.41, 5.74) is 1.29. The summed E-state index contributed by atoms with van der Waals surface area (Å²) in [6.45, 7) is 8.15. The van der Waals surface area contributed by atoms with Crippen LogP contribution in [0.1, 0.15) is 36.2 Å². The molecule has 2 aromatic heterocycles. The fourth-order valence-electron chi connectivity index (χ4n) is 2.07. The van der Waals surface area contributed by atoms with Crippen LogP contribution in [0.5, 0.6) is 0 Å². The Hall–Kier alpha value is -0.720. The van der Waals surface area contributed by atoms with Gasteiger partial charge in [-0.2, -0.15) is 5.10 Å². The van der Waals surface area contributed by atoms with E-state index in [4.69, 9.17) is 0 Å². The third-order valence-corrected chi connectivity index (χ3v) is 5.30. The highest BCUT2D eigenvalue weighted by molar-refractivity contribution is 9.11. The molecule has 0 fully saturated rings. The van der Waals surface area contributed by atoms with Gasteiger partial charge in [0, 0.05) is 23.9 Å². The summed E-state index contributed by atoms with van der Waals surface area (Å²) in [6.07, 6.45) is 2.51. The molecule has 0 aliphatic rings. The maximum Gasteiger partial charge on any atom is 0.138 e. The van der Waals surface area contributed by atoms with Gasteiger partial charge in [0.15, 0.2) is 0 Å². The summed E-state index contributed by atoms with van der Waals surface area (Å²) < 4.78 is 3.17. The first kappa shape index (κ1) is 14.7. The van der Waals surface area contributed by atoms with Gasteiger partial charge < -0.3 is 5.32 Å². The molecule has 2 rings (SSSR count). The van der Waals surface area contributed by atoms with Gasteiger partial charge in [0.2, 0.25) is 0 Å². The van der Waals surface area contributed by atoms with Gasteiger partial charge in [-0.05, 0) is 48.0 Å². The van der Waals surface area contributed by atoms with Gasteiger partial charge in [-0.25, -0.2) is 4.98 Å². The molecule has 0 aliphatic carbocycles. The van der Waals surface area contributed by atoms with Crippen molar-refractivity contribution >= 4 is 27.3 Å². The molecule has 0 aliphatic heterocycles. The van der Waals surface area contributed by atoms with Crippen molar-refractivity contribution < 1.29 is 0 Å². The second-order valence-corrected chi connectivity index (χ2v) is 6.81. The molecule has 19 heavy (non-hydrogen) atoms.